The largest absolute Gasteiger partial charge is 0.497 e. The van der Waals surface area contributed by atoms with E-state index in [1.807, 2.05) is 30.3 Å². The van der Waals surface area contributed by atoms with E-state index in [-0.39, 0.29) is 5.92 Å². The van der Waals surface area contributed by atoms with Crippen LogP contribution in [0.5, 0.6) is 5.75 Å². The highest BCUT2D eigenvalue weighted by Crippen LogP contribution is 2.28. The zero-order chi connectivity index (χ0) is 20.4. The Balaban J connectivity index is 1.43. The van der Waals surface area contributed by atoms with Crippen molar-refractivity contribution in [3.05, 3.63) is 42.0 Å². The predicted octanol–water partition coefficient (Wildman–Crippen LogP) is 4.62. The zero-order valence-electron chi connectivity index (χ0n) is 18.1. The predicted molar refractivity (Wildman–Crippen MR) is 119 cm³/mol. The second-order valence-corrected chi connectivity index (χ2v) is 8.99. The molecule has 2 aliphatic rings. The number of likely N-dealkylation sites (tertiary alicyclic amines) is 2. The Morgan fingerprint density at radius 2 is 1.72 bits per heavy atom. The summed E-state index contributed by atoms with van der Waals surface area (Å²) in [5.41, 5.74) is 0.851. The van der Waals surface area contributed by atoms with Crippen LogP contribution in [0.4, 0.5) is 0 Å². The summed E-state index contributed by atoms with van der Waals surface area (Å²) in [7, 11) is 1.68. The van der Waals surface area contributed by atoms with Gasteiger partial charge in [-0.15, -0.1) is 0 Å². The second kappa shape index (κ2) is 8.85. The number of carbonyl (C=O) groups excluding carboxylic acids is 1. The van der Waals surface area contributed by atoms with Crippen molar-refractivity contribution in [2.45, 2.75) is 51.6 Å². The van der Waals surface area contributed by atoms with E-state index in [0.717, 1.165) is 48.0 Å². The summed E-state index contributed by atoms with van der Waals surface area (Å²) in [4.78, 5) is 18.5. The van der Waals surface area contributed by atoms with E-state index in [2.05, 4.69) is 29.7 Å². The third kappa shape index (κ3) is 4.49. The fourth-order valence-corrected chi connectivity index (χ4v) is 5.06. The quantitative estimate of drug-likeness (QED) is 0.693. The highest BCUT2D eigenvalue weighted by atomic mass is 16.5. The normalized spacial score (nSPS) is 22.3. The van der Waals surface area contributed by atoms with Crippen molar-refractivity contribution in [1.82, 2.24) is 9.80 Å². The van der Waals surface area contributed by atoms with Gasteiger partial charge < -0.3 is 9.64 Å². The molecular weight excluding hydrogens is 360 g/mol. The van der Waals surface area contributed by atoms with Crippen LogP contribution in [0.15, 0.2) is 36.4 Å². The van der Waals surface area contributed by atoms with Gasteiger partial charge in [0.2, 0.25) is 0 Å². The maximum absolute atomic E-state index is 13.3. The number of rotatable bonds is 5. The molecule has 29 heavy (non-hydrogen) atoms. The Kier molecular flexibility index (Phi) is 6.21. The minimum atomic E-state index is 0.127. The minimum absolute atomic E-state index is 0.127. The number of methoxy groups -OCH3 is 1. The third-order valence-corrected chi connectivity index (χ3v) is 6.90. The molecule has 1 atom stereocenters. The van der Waals surface area contributed by atoms with E-state index in [1.54, 1.807) is 7.11 Å². The summed E-state index contributed by atoms with van der Waals surface area (Å²) in [5, 5.41) is 2.22. The van der Waals surface area contributed by atoms with Crippen LogP contribution in [-0.2, 0) is 0 Å². The highest BCUT2D eigenvalue weighted by Gasteiger charge is 2.32. The first kappa shape index (κ1) is 20.4. The van der Waals surface area contributed by atoms with Gasteiger partial charge in [-0.25, -0.2) is 0 Å². The van der Waals surface area contributed by atoms with E-state index >= 15 is 0 Å². The maximum atomic E-state index is 13.3. The van der Waals surface area contributed by atoms with Gasteiger partial charge in [0.15, 0.2) is 5.78 Å². The molecule has 4 heteroatoms. The molecule has 2 aromatic carbocycles. The molecule has 2 heterocycles. The van der Waals surface area contributed by atoms with Crippen molar-refractivity contribution in [1.29, 1.82) is 0 Å². The first-order valence-electron chi connectivity index (χ1n) is 11.2. The molecular formula is C25H34N2O2. The number of nitrogens with zero attached hydrogens (tertiary/aromatic N) is 2. The minimum Gasteiger partial charge on any atom is -0.497 e. The summed E-state index contributed by atoms with van der Waals surface area (Å²) in [5.74, 6) is 1.29. The molecule has 1 unspecified atom stereocenters. The summed E-state index contributed by atoms with van der Waals surface area (Å²) in [6, 6.07) is 13.4. The molecule has 2 saturated heterocycles. The zero-order valence-corrected chi connectivity index (χ0v) is 18.1. The van der Waals surface area contributed by atoms with Crippen molar-refractivity contribution in [3.8, 4) is 5.75 Å². The molecule has 0 radical (unpaired) electrons. The van der Waals surface area contributed by atoms with Crippen molar-refractivity contribution in [2.75, 3.05) is 33.3 Å². The Morgan fingerprint density at radius 1 is 1.00 bits per heavy atom. The van der Waals surface area contributed by atoms with Gasteiger partial charge in [-0.05, 0) is 88.1 Å². The molecule has 0 saturated carbocycles. The van der Waals surface area contributed by atoms with E-state index in [0.29, 0.717) is 17.9 Å². The number of Topliss-reactive ketones (excluding diaryl/α,β-unsaturated/α-hetero) is 1. The van der Waals surface area contributed by atoms with Crippen molar-refractivity contribution in [3.63, 3.8) is 0 Å². The molecule has 0 aliphatic carbocycles. The van der Waals surface area contributed by atoms with Crippen LogP contribution in [0.1, 0.15) is 49.9 Å². The van der Waals surface area contributed by atoms with Crippen LogP contribution in [-0.4, -0.2) is 61.0 Å². The van der Waals surface area contributed by atoms with Crippen LogP contribution in [0.3, 0.4) is 0 Å². The molecule has 2 aliphatic heterocycles. The van der Waals surface area contributed by atoms with E-state index in [9.17, 15) is 4.79 Å². The lowest BCUT2D eigenvalue weighted by molar-refractivity contribution is 0.0544. The number of ether oxygens (including phenoxy) is 1. The molecule has 4 rings (SSSR count). The van der Waals surface area contributed by atoms with Crippen LogP contribution in [0.2, 0.25) is 0 Å². The maximum Gasteiger partial charge on any atom is 0.167 e. The fourth-order valence-electron chi connectivity index (χ4n) is 5.06. The molecule has 0 N–H and O–H groups in total. The topological polar surface area (TPSA) is 32.8 Å². The van der Waals surface area contributed by atoms with Crippen molar-refractivity contribution < 1.29 is 9.53 Å². The van der Waals surface area contributed by atoms with Gasteiger partial charge in [0.05, 0.1) is 7.11 Å². The van der Waals surface area contributed by atoms with Crippen LogP contribution in [0, 0.1) is 5.92 Å². The van der Waals surface area contributed by atoms with Gasteiger partial charge in [-0.3, -0.25) is 9.69 Å². The van der Waals surface area contributed by atoms with Crippen LogP contribution >= 0.6 is 0 Å². The van der Waals surface area contributed by atoms with Gasteiger partial charge in [-0.2, -0.15) is 0 Å². The first-order chi connectivity index (χ1) is 14.0. The Morgan fingerprint density at radius 3 is 2.45 bits per heavy atom. The van der Waals surface area contributed by atoms with Gasteiger partial charge in [0.1, 0.15) is 5.75 Å². The van der Waals surface area contributed by atoms with E-state index < -0.39 is 0 Å². The molecule has 0 aromatic heterocycles. The fraction of sp³-hybridized carbons (Fsp3) is 0.560. The van der Waals surface area contributed by atoms with Gasteiger partial charge >= 0.3 is 0 Å². The van der Waals surface area contributed by atoms with E-state index in [1.165, 1.54) is 25.9 Å². The Labute approximate surface area is 174 Å². The monoisotopic (exact) mass is 394 g/mol. The first-order valence-corrected chi connectivity index (χ1v) is 11.2. The Bertz CT molecular complexity index is 855. The molecule has 2 aromatic rings. The number of hydrogen-bond donors (Lipinski definition) is 0. The van der Waals surface area contributed by atoms with Gasteiger partial charge in [0.25, 0.3) is 0 Å². The molecule has 0 spiro atoms. The van der Waals surface area contributed by atoms with Gasteiger partial charge in [-0.1, -0.05) is 18.2 Å². The summed E-state index contributed by atoms with van der Waals surface area (Å²) >= 11 is 0. The summed E-state index contributed by atoms with van der Waals surface area (Å²) in [6.45, 7) is 9.02. The average molecular weight is 395 g/mol. The number of ketones is 1. The number of piperidine rings is 2. The van der Waals surface area contributed by atoms with Crippen molar-refractivity contribution >= 4 is 16.6 Å². The van der Waals surface area contributed by atoms with E-state index in [4.69, 9.17) is 4.74 Å². The van der Waals surface area contributed by atoms with Crippen LogP contribution in [0.25, 0.3) is 10.8 Å². The summed E-state index contributed by atoms with van der Waals surface area (Å²) < 4.78 is 5.31. The lowest BCUT2D eigenvalue weighted by Crippen LogP contribution is -2.50. The number of carbonyl (C=O) groups is 1. The highest BCUT2D eigenvalue weighted by molar-refractivity contribution is 6.01. The van der Waals surface area contributed by atoms with Crippen LogP contribution < -0.4 is 4.74 Å². The lowest BCUT2D eigenvalue weighted by atomic mass is 9.87. The molecule has 4 nitrogen and oxygen atoms in total. The Hall–Kier alpha value is -1.91. The molecule has 156 valence electrons. The van der Waals surface area contributed by atoms with Gasteiger partial charge in [0, 0.05) is 30.1 Å². The molecule has 0 amide bonds. The lowest BCUT2D eigenvalue weighted by Gasteiger charge is -2.43. The smallest absolute Gasteiger partial charge is 0.167 e. The third-order valence-electron chi connectivity index (χ3n) is 6.90. The number of hydrogen-bond acceptors (Lipinski definition) is 4. The average Bonchev–Trinajstić information content (AvgIpc) is 2.78. The second-order valence-electron chi connectivity index (χ2n) is 8.99. The standard InChI is InChI=1S/C25H34N2O2/c1-18(2)26-13-10-23(11-14-26)27-12-4-5-22(17-27)25(28)21-7-6-20-16-24(29-3)9-8-19(20)15-21/h6-9,15-16,18,22-23H,4-5,10-14,17H2,1-3H3. The summed E-state index contributed by atoms with van der Waals surface area (Å²) in [6.07, 6.45) is 4.61. The number of fused-ring (bicyclic) bond motifs is 1. The SMILES string of the molecule is COc1ccc2cc(C(=O)C3CCCN(C4CCN(C(C)C)CC4)C3)ccc2c1. The molecule has 0 bridgehead atoms. The number of benzene rings is 2. The molecule has 2 fully saturated rings. The van der Waals surface area contributed by atoms with Crippen molar-refractivity contribution in [2.24, 2.45) is 5.92 Å².